The van der Waals surface area contributed by atoms with Gasteiger partial charge in [0.1, 0.15) is 11.2 Å². The number of fused-ring (bicyclic) bond motifs is 6. The number of rotatable bonds is 7. The van der Waals surface area contributed by atoms with E-state index in [0.717, 1.165) is 44.6 Å². The molecule has 1 aliphatic rings. The zero-order valence-corrected chi connectivity index (χ0v) is 31.2. The maximum atomic E-state index is 6.92. The van der Waals surface area contributed by atoms with Crippen LogP contribution in [0.1, 0.15) is 22.3 Å². The van der Waals surface area contributed by atoms with Crippen molar-refractivity contribution in [3.05, 3.63) is 247 Å². The lowest BCUT2D eigenvalue weighted by molar-refractivity contribution is 0.667. The van der Waals surface area contributed by atoms with Crippen molar-refractivity contribution in [1.82, 2.24) is 0 Å². The van der Waals surface area contributed by atoms with Gasteiger partial charge in [0, 0.05) is 33.9 Å². The van der Waals surface area contributed by atoms with E-state index >= 15 is 0 Å². The number of nitrogens with zero attached hydrogens (tertiary/aromatic N) is 1. The summed E-state index contributed by atoms with van der Waals surface area (Å²) < 4.78 is 6.92. The molecule has 2 heteroatoms. The first-order chi connectivity index (χ1) is 28.3. The van der Waals surface area contributed by atoms with Crippen LogP contribution < -0.4 is 4.90 Å². The third kappa shape index (κ3) is 5.26. The molecule has 0 spiro atoms. The van der Waals surface area contributed by atoms with E-state index in [0.29, 0.717) is 0 Å². The number of hydrogen-bond acceptors (Lipinski definition) is 2. The molecular weight excluding hydrogens is 691 g/mol. The molecule has 0 N–H and O–H groups in total. The van der Waals surface area contributed by atoms with Crippen LogP contribution in [0.2, 0.25) is 0 Å². The maximum absolute atomic E-state index is 6.92. The van der Waals surface area contributed by atoms with Crippen molar-refractivity contribution >= 4 is 39.0 Å². The Kier molecular flexibility index (Phi) is 7.75. The zero-order valence-electron chi connectivity index (χ0n) is 31.2. The molecule has 0 radical (unpaired) electrons. The van der Waals surface area contributed by atoms with E-state index in [1.807, 2.05) is 0 Å². The third-order valence-electron chi connectivity index (χ3n) is 11.7. The maximum Gasteiger partial charge on any atom is 0.137 e. The molecule has 0 saturated heterocycles. The molecule has 1 heterocycles. The molecule has 0 aliphatic heterocycles. The Bertz CT molecular complexity index is 3010. The van der Waals surface area contributed by atoms with Crippen LogP contribution in [0.5, 0.6) is 0 Å². The fourth-order valence-electron chi connectivity index (χ4n) is 9.28. The van der Waals surface area contributed by atoms with Crippen molar-refractivity contribution in [2.45, 2.75) is 5.41 Å². The van der Waals surface area contributed by atoms with Gasteiger partial charge in [0.15, 0.2) is 0 Å². The van der Waals surface area contributed by atoms with E-state index in [9.17, 15) is 0 Å². The minimum absolute atomic E-state index is 0.534. The Morgan fingerprint density at radius 1 is 0.333 bits per heavy atom. The van der Waals surface area contributed by atoms with Crippen molar-refractivity contribution < 1.29 is 4.42 Å². The highest BCUT2D eigenvalue weighted by molar-refractivity contribution is 6.10. The normalized spacial score (nSPS) is 12.7. The van der Waals surface area contributed by atoms with Crippen molar-refractivity contribution in [1.29, 1.82) is 0 Å². The summed E-state index contributed by atoms with van der Waals surface area (Å²) in [5.74, 6) is 0. The quantitative estimate of drug-likeness (QED) is 0.163. The number of furan rings is 1. The van der Waals surface area contributed by atoms with Crippen molar-refractivity contribution in [3.63, 3.8) is 0 Å². The fraction of sp³-hybridized carbons (Fsp3) is 0.0182. The van der Waals surface area contributed by atoms with E-state index in [1.54, 1.807) is 0 Å². The van der Waals surface area contributed by atoms with Gasteiger partial charge in [0.2, 0.25) is 0 Å². The minimum atomic E-state index is -0.534. The summed E-state index contributed by atoms with van der Waals surface area (Å²) >= 11 is 0. The summed E-state index contributed by atoms with van der Waals surface area (Å²) in [7, 11) is 0. The lowest BCUT2D eigenvalue weighted by atomic mass is 9.66. The second-order valence-electron chi connectivity index (χ2n) is 14.8. The first-order valence-electron chi connectivity index (χ1n) is 19.6. The van der Waals surface area contributed by atoms with Gasteiger partial charge >= 0.3 is 0 Å². The molecule has 0 bridgehead atoms. The average molecular weight is 728 g/mol. The lowest BCUT2D eigenvalue weighted by Crippen LogP contribution is -2.28. The largest absolute Gasteiger partial charge is 0.456 e. The van der Waals surface area contributed by atoms with Crippen LogP contribution in [0.3, 0.4) is 0 Å². The van der Waals surface area contributed by atoms with E-state index in [-0.39, 0.29) is 0 Å². The molecule has 0 saturated carbocycles. The second kappa shape index (κ2) is 13.4. The highest BCUT2D eigenvalue weighted by atomic mass is 16.3. The molecule has 9 aromatic carbocycles. The molecule has 268 valence electrons. The molecule has 1 aliphatic carbocycles. The van der Waals surface area contributed by atoms with E-state index in [4.69, 9.17) is 4.42 Å². The molecule has 2 nitrogen and oxygen atoms in total. The van der Waals surface area contributed by atoms with Gasteiger partial charge in [-0.15, -0.1) is 0 Å². The Hall–Kier alpha value is -7.42. The van der Waals surface area contributed by atoms with Gasteiger partial charge in [-0.25, -0.2) is 0 Å². The summed E-state index contributed by atoms with van der Waals surface area (Å²) in [6, 6.07) is 80.9. The van der Waals surface area contributed by atoms with E-state index < -0.39 is 5.41 Å². The molecule has 57 heavy (non-hydrogen) atoms. The minimum Gasteiger partial charge on any atom is -0.456 e. The number of benzene rings is 9. The van der Waals surface area contributed by atoms with Gasteiger partial charge in [-0.1, -0.05) is 176 Å². The first-order valence-corrected chi connectivity index (χ1v) is 19.6. The van der Waals surface area contributed by atoms with Crippen LogP contribution in [0.25, 0.3) is 55.3 Å². The van der Waals surface area contributed by atoms with Gasteiger partial charge in [0.05, 0.1) is 5.41 Å². The Balaban J connectivity index is 1.12. The fourth-order valence-corrected chi connectivity index (χ4v) is 9.28. The third-order valence-corrected chi connectivity index (χ3v) is 11.7. The predicted octanol–water partition coefficient (Wildman–Crippen LogP) is 14.8. The molecule has 0 unspecified atom stereocenters. The van der Waals surface area contributed by atoms with Crippen LogP contribution in [0.4, 0.5) is 17.1 Å². The van der Waals surface area contributed by atoms with Crippen LogP contribution >= 0.6 is 0 Å². The molecule has 0 amide bonds. The number of hydrogen-bond donors (Lipinski definition) is 0. The van der Waals surface area contributed by atoms with Crippen LogP contribution in [0.15, 0.2) is 229 Å². The van der Waals surface area contributed by atoms with Crippen molar-refractivity contribution in [3.8, 4) is 33.4 Å². The average Bonchev–Trinajstić information content (AvgIpc) is 3.81. The molecule has 0 fully saturated rings. The van der Waals surface area contributed by atoms with E-state index in [1.165, 1.54) is 50.1 Å². The zero-order chi connectivity index (χ0) is 37.8. The highest BCUT2D eigenvalue weighted by Gasteiger charge is 2.47. The van der Waals surface area contributed by atoms with E-state index in [2.05, 4.69) is 229 Å². The summed E-state index contributed by atoms with van der Waals surface area (Å²) in [5.41, 5.74) is 16.7. The van der Waals surface area contributed by atoms with Crippen LogP contribution in [0, 0.1) is 0 Å². The summed E-state index contributed by atoms with van der Waals surface area (Å²) in [6.07, 6.45) is 0. The summed E-state index contributed by atoms with van der Waals surface area (Å²) in [6.45, 7) is 0. The van der Waals surface area contributed by atoms with Gasteiger partial charge in [-0.05, 0) is 98.1 Å². The summed E-state index contributed by atoms with van der Waals surface area (Å²) in [5, 5.41) is 2.23. The number of anilines is 3. The summed E-state index contributed by atoms with van der Waals surface area (Å²) in [4.78, 5) is 2.34. The Labute approximate surface area is 332 Å². The predicted molar refractivity (Wildman–Crippen MR) is 237 cm³/mol. The Morgan fingerprint density at radius 3 is 1.53 bits per heavy atom. The van der Waals surface area contributed by atoms with Gasteiger partial charge in [-0.3, -0.25) is 0 Å². The van der Waals surface area contributed by atoms with Crippen LogP contribution in [-0.2, 0) is 5.41 Å². The smallest absolute Gasteiger partial charge is 0.137 e. The van der Waals surface area contributed by atoms with Crippen molar-refractivity contribution in [2.75, 3.05) is 4.90 Å². The first kappa shape index (κ1) is 33.0. The monoisotopic (exact) mass is 727 g/mol. The molecule has 11 rings (SSSR count). The van der Waals surface area contributed by atoms with Gasteiger partial charge in [-0.2, -0.15) is 0 Å². The Morgan fingerprint density at radius 2 is 0.842 bits per heavy atom. The topological polar surface area (TPSA) is 16.4 Å². The van der Waals surface area contributed by atoms with Gasteiger partial charge in [0.25, 0.3) is 0 Å². The van der Waals surface area contributed by atoms with Crippen molar-refractivity contribution in [2.24, 2.45) is 0 Å². The molecular formula is C55H37NO. The van der Waals surface area contributed by atoms with Crippen LogP contribution in [-0.4, -0.2) is 0 Å². The lowest BCUT2D eigenvalue weighted by Gasteiger charge is -2.34. The molecule has 0 atom stereocenters. The SMILES string of the molecule is c1ccc(-c2ccc(N(c3cccc(-c4ccccc4)c3)c3ccc4c(c3)oc3cccc(C5(c6ccccc6)c6ccccc6-c6ccccc65)c34)cc2)cc1. The molecule has 10 aromatic rings. The standard InChI is InChI=1S/C55H37NO/c1-4-16-38(17-5-1)40-30-32-43(33-31-40)56(44-23-14-20-41(36-44)39-18-6-2-7-19-39)45-34-35-48-53(37-45)57-52-29-15-28-51(54(48)52)55(42-21-8-3-9-22-42)49-26-12-10-24-46(49)47-25-11-13-27-50(47)55/h1-37H. The second-order valence-corrected chi connectivity index (χ2v) is 14.8. The highest BCUT2D eigenvalue weighted by Crippen LogP contribution is 2.58. The molecule has 1 aromatic heterocycles. The van der Waals surface area contributed by atoms with Gasteiger partial charge < -0.3 is 9.32 Å².